The summed E-state index contributed by atoms with van der Waals surface area (Å²) < 4.78 is 0. The monoisotopic (exact) mass is 180 g/mol. The van der Waals surface area contributed by atoms with Crippen molar-refractivity contribution in [2.24, 2.45) is 0 Å². The van der Waals surface area contributed by atoms with E-state index in [9.17, 15) is 9.59 Å². The van der Waals surface area contributed by atoms with Crippen molar-refractivity contribution in [2.75, 3.05) is 5.73 Å². The number of rotatable bonds is 2. The summed E-state index contributed by atoms with van der Waals surface area (Å²) in [6.45, 7) is 0. The molecule has 0 fully saturated rings. The van der Waals surface area contributed by atoms with Gasteiger partial charge < -0.3 is 5.73 Å². The van der Waals surface area contributed by atoms with Crippen LogP contribution >= 0.6 is 0 Å². The summed E-state index contributed by atoms with van der Waals surface area (Å²) in [7, 11) is 0. The maximum atomic E-state index is 11.1. The Morgan fingerprint density at radius 2 is 1.92 bits per heavy atom. The SMILES string of the molecule is Nc1ccccc1C(=O)C(=O)NO. The highest BCUT2D eigenvalue weighted by Gasteiger charge is 2.16. The first kappa shape index (κ1) is 9.21. The first-order valence-corrected chi connectivity index (χ1v) is 3.50. The van der Waals surface area contributed by atoms with Crippen LogP contribution in [0.15, 0.2) is 24.3 Å². The van der Waals surface area contributed by atoms with Crippen molar-refractivity contribution in [3.8, 4) is 0 Å². The first-order valence-electron chi connectivity index (χ1n) is 3.50. The molecule has 0 aliphatic heterocycles. The second-order valence-electron chi connectivity index (χ2n) is 2.36. The van der Waals surface area contributed by atoms with Crippen LogP contribution in [0, 0.1) is 0 Å². The predicted octanol–water partition coefficient (Wildman–Crippen LogP) is -0.0431. The number of nitrogens with one attached hydrogen (secondary N) is 1. The van der Waals surface area contributed by atoms with Crippen LogP contribution in [0.2, 0.25) is 0 Å². The van der Waals surface area contributed by atoms with Gasteiger partial charge in [0.25, 0.3) is 5.78 Å². The maximum absolute atomic E-state index is 11.1. The molecule has 1 amide bonds. The van der Waals surface area contributed by atoms with E-state index in [-0.39, 0.29) is 11.3 Å². The summed E-state index contributed by atoms with van der Waals surface area (Å²) in [6.07, 6.45) is 0. The topological polar surface area (TPSA) is 92.4 Å². The van der Waals surface area contributed by atoms with Crippen molar-refractivity contribution >= 4 is 17.4 Å². The summed E-state index contributed by atoms with van der Waals surface area (Å²) in [5.41, 5.74) is 6.96. The number of benzene rings is 1. The number of anilines is 1. The van der Waals surface area contributed by atoms with Crippen LogP contribution in [0.1, 0.15) is 10.4 Å². The molecule has 0 heterocycles. The molecule has 0 unspecified atom stereocenters. The molecule has 0 bridgehead atoms. The molecule has 0 aromatic heterocycles. The molecule has 1 rings (SSSR count). The van der Waals surface area contributed by atoms with Crippen LogP contribution in [-0.2, 0) is 4.79 Å². The maximum Gasteiger partial charge on any atom is 0.315 e. The predicted molar refractivity (Wildman–Crippen MR) is 45.1 cm³/mol. The molecule has 0 atom stereocenters. The number of nitrogen functional groups attached to an aromatic ring is 1. The van der Waals surface area contributed by atoms with Crippen molar-refractivity contribution in [1.82, 2.24) is 5.48 Å². The van der Waals surface area contributed by atoms with Gasteiger partial charge in [-0.2, -0.15) is 0 Å². The Bertz CT molecular complexity index is 349. The Morgan fingerprint density at radius 1 is 1.31 bits per heavy atom. The molecule has 13 heavy (non-hydrogen) atoms. The van der Waals surface area contributed by atoms with Crippen LogP contribution in [-0.4, -0.2) is 16.9 Å². The lowest BCUT2D eigenvalue weighted by Crippen LogP contribution is -2.28. The molecule has 5 heteroatoms. The molecule has 0 saturated heterocycles. The van der Waals surface area contributed by atoms with Crippen molar-refractivity contribution < 1.29 is 14.8 Å². The fourth-order valence-electron chi connectivity index (χ4n) is 0.877. The molecular formula is C8H8N2O3. The van der Waals surface area contributed by atoms with Crippen molar-refractivity contribution in [2.45, 2.75) is 0 Å². The lowest BCUT2D eigenvalue weighted by molar-refractivity contribution is -0.124. The zero-order valence-corrected chi connectivity index (χ0v) is 6.65. The molecule has 68 valence electrons. The van der Waals surface area contributed by atoms with Gasteiger partial charge in [-0.3, -0.25) is 14.8 Å². The number of nitrogens with two attached hydrogens (primary N) is 1. The first-order chi connectivity index (χ1) is 6.16. The fraction of sp³-hybridized carbons (Fsp3) is 0. The van der Waals surface area contributed by atoms with Gasteiger partial charge in [0, 0.05) is 5.69 Å². The smallest absolute Gasteiger partial charge is 0.315 e. The van der Waals surface area contributed by atoms with E-state index < -0.39 is 11.7 Å². The Hall–Kier alpha value is -1.88. The average molecular weight is 180 g/mol. The van der Waals surface area contributed by atoms with Gasteiger partial charge in [0.2, 0.25) is 0 Å². The van der Waals surface area contributed by atoms with Crippen LogP contribution < -0.4 is 11.2 Å². The van der Waals surface area contributed by atoms with E-state index in [1.54, 1.807) is 12.1 Å². The van der Waals surface area contributed by atoms with Crippen LogP contribution in [0.5, 0.6) is 0 Å². The summed E-state index contributed by atoms with van der Waals surface area (Å²) in [5, 5.41) is 8.20. The minimum Gasteiger partial charge on any atom is -0.398 e. The van der Waals surface area contributed by atoms with Gasteiger partial charge in [0.1, 0.15) is 0 Å². The lowest BCUT2D eigenvalue weighted by atomic mass is 10.1. The van der Waals surface area contributed by atoms with Crippen molar-refractivity contribution in [3.05, 3.63) is 29.8 Å². The van der Waals surface area contributed by atoms with Crippen LogP contribution in [0.4, 0.5) is 5.69 Å². The van der Waals surface area contributed by atoms with E-state index >= 15 is 0 Å². The standard InChI is InChI=1S/C8H8N2O3/c9-6-4-2-1-3-5(6)7(11)8(12)10-13/h1-4,13H,9H2,(H,10,12). The van der Waals surface area contributed by atoms with E-state index in [1.165, 1.54) is 17.6 Å². The molecule has 0 saturated carbocycles. The molecule has 0 aliphatic carbocycles. The van der Waals surface area contributed by atoms with Gasteiger partial charge in [-0.25, -0.2) is 5.48 Å². The molecule has 4 N–H and O–H groups in total. The minimum atomic E-state index is -1.10. The quantitative estimate of drug-likeness (QED) is 0.196. The Labute approximate surface area is 74.1 Å². The van der Waals surface area contributed by atoms with E-state index in [0.717, 1.165) is 0 Å². The van der Waals surface area contributed by atoms with Gasteiger partial charge >= 0.3 is 5.91 Å². The highest BCUT2D eigenvalue weighted by atomic mass is 16.5. The Balaban J connectivity index is 3.02. The number of ketones is 1. The summed E-state index contributed by atoms with van der Waals surface area (Å²) in [4.78, 5) is 21.8. The van der Waals surface area contributed by atoms with Gasteiger partial charge in [-0.1, -0.05) is 12.1 Å². The van der Waals surface area contributed by atoms with E-state index in [2.05, 4.69) is 0 Å². The van der Waals surface area contributed by atoms with Gasteiger partial charge in [0.05, 0.1) is 5.56 Å². The van der Waals surface area contributed by atoms with E-state index in [1.807, 2.05) is 0 Å². The lowest BCUT2D eigenvalue weighted by Gasteiger charge is -2.01. The van der Waals surface area contributed by atoms with Crippen LogP contribution in [0.25, 0.3) is 0 Å². The zero-order valence-electron chi connectivity index (χ0n) is 6.65. The largest absolute Gasteiger partial charge is 0.398 e. The number of amides is 1. The van der Waals surface area contributed by atoms with E-state index in [4.69, 9.17) is 10.9 Å². The average Bonchev–Trinajstić information content (AvgIpc) is 2.16. The molecule has 0 aliphatic rings. The molecule has 1 aromatic carbocycles. The van der Waals surface area contributed by atoms with Gasteiger partial charge in [-0.15, -0.1) is 0 Å². The third kappa shape index (κ3) is 1.83. The van der Waals surface area contributed by atoms with Crippen molar-refractivity contribution in [3.63, 3.8) is 0 Å². The zero-order chi connectivity index (χ0) is 9.84. The summed E-state index contributed by atoms with van der Waals surface area (Å²) in [5.74, 6) is -1.96. The molecule has 1 aromatic rings. The Kier molecular flexibility index (Phi) is 2.61. The van der Waals surface area contributed by atoms with Gasteiger partial charge in [0.15, 0.2) is 0 Å². The van der Waals surface area contributed by atoms with Crippen LogP contribution in [0.3, 0.4) is 0 Å². The summed E-state index contributed by atoms with van der Waals surface area (Å²) in [6, 6.07) is 6.13. The highest BCUT2D eigenvalue weighted by molar-refractivity contribution is 6.43. The second kappa shape index (κ2) is 3.68. The molecule has 0 radical (unpaired) electrons. The van der Waals surface area contributed by atoms with E-state index in [0.29, 0.717) is 0 Å². The third-order valence-corrected chi connectivity index (χ3v) is 1.51. The molecule has 0 spiro atoms. The fourth-order valence-corrected chi connectivity index (χ4v) is 0.877. The van der Waals surface area contributed by atoms with Crippen molar-refractivity contribution in [1.29, 1.82) is 0 Å². The number of hydrogen-bond acceptors (Lipinski definition) is 4. The number of hydroxylamine groups is 1. The summed E-state index contributed by atoms with van der Waals surface area (Å²) >= 11 is 0. The number of Topliss-reactive ketones (excluding diaryl/α,β-unsaturated/α-hetero) is 1. The third-order valence-electron chi connectivity index (χ3n) is 1.51. The van der Waals surface area contributed by atoms with Gasteiger partial charge in [-0.05, 0) is 12.1 Å². The normalized spacial score (nSPS) is 9.31. The number of hydrogen-bond donors (Lipinski definition) is 3. The highest BCUT2D eigenvalue weighted by Crippen LogP contribution is 2.10. The number of carbonyl (C=O) groups excluding carboxylic acids is 2. The Morgan fingerprint density at radius 3 is 2.46 bits per heavy atom. The minimum absolute atomic E-state index is 0.0778. The number of para-hydroxylation sites is 1. The molecule has 5 nitrogen and oxygen atoms in total. The number of carbonyl (C=O) groups is 2. The second-order valence-corrected chi connectivity index (χ2v) is 2.36. The molecular weight excluding hydrogens is 172 g/mol.